The molecule has 0 aromatic heterocycles. The molecule has 0 radical (unpaired) electrons. The fourth-order valence-electron chi connectivity index (χ4n) is 3.93. The van der Waals surface area contributed by atoms with Crippen LogP contribution < -0.4 is 9.47 Å². The molecule has 3 rings (SSSR count). The predicted molar refractivity (Wildman–Crippen MR) is 121 cm³/mol. The van der Waals surface area contributed by atoms with Gasteiger partial charge < -0.3 is 24.6 Å². The largest absolute Gasteiger partial charge is 0.507 e. The fourth-order valence-corrected chi connectivity index (χ4v) is 4.28. The number of likely N-dealkylation sites (tertiary alicyclic amines) is 1. The highest BCUT2D eigenvalue weighted by atomic mass is 35.5. The van der Waals surface area contributed by atoms with E-state index < -0.39 is 17.7 Å². The van der Waals surface area contributed by atoms with Gasteiger partial charge in [0.25, 0.3) is 11.7 Å². The average Bonchev–Trinajstić information content (AvgIpc) is 3.00. The monoisotopic (exact) mass is 459 g/mol. The number of aromatic hydroxyl groups is 1. The summed E-state index contributed by atoms with van der Waals surface area (Å²) in [7, 11) is 1.41. The molecule has 0 spiro atoms. The van der Waals surface area contributed by atoms with Gasteiger partial charge in [-0.1, -0.05) is 24.6 Å². The fraction of sp³-hybridized carbons (Fsp3) is 0.333. The lowest BCUT2D eigenvalue weighted by atomic mass is 9.94. The summed E-state index contributed by atoms with van der Waals surface area (Å²) in [5.74, 6) is -1.51. The quantitative estimate of drug-likeness (QED) is 0.357. The van der Waals surface area contributed by atoms with Gasteiger partial charge in [0.15, 0.2) is 11.5 Å². The highest BCUT2D eigenvalue weighted by molar-refractivity contribution is 6.46. The molecule has 1 saturated heterocycles. The number of aliphatic hydroxyl groups excluding tert-OH is 1. The molecule has 0 aliphatic carbocycles. The molecule has 1 amide bonds. The average molecular weight is 460 g/mol. The van der Waals surface area contributed by atoms with Crippen LogP contribution in [0.4, 0.5) is 0 Å². The van der Waals surface area contributed by atoms with Crippen LogP contribution in [-0.2, 0) is 9.59 Å². The molecule has 170 valence electrons. The Hall–Kier alpha value is -3.19. The Labute approximate surface area is 191 Å². The number of aryl methyl sites for hydroxylation is 1. The standard InChI is InChI=1S/C24H26ClNO6/c1-5-9-26-20(14-7-8-17(27)18(12-14)32-6-2)19(22(29)24(26)30)21(28)15-10-13(3)11-16(25)23(15)31-4/h7-8,10-12,20,27-28H,5-6,9H2,1-4H3/b21-19+. The number of Topliss-reactive ketones (excluding diaryl/α,β-unsaturated/α-hetero) is 1. The third-order valence-corrected chi connectivity index (χ3v) is 5.53. The van der Waals surface area contributed by atoms with Crippen molar-refractivity contribution in [2.24, 2.45) is 0 Å². The van der Waals surface area contributed by atoms with E-state index in [-0.39, 0.29) is 39.2 Å². The molecule has 1 heterocycles. The van der Waals surface area contributed by atoms with Gasteiger partial charge in [0, 0.05) is 6.54 Å². The molecule has 1 aliphatic rings. The number of phenolic OH excluding ortho intramolecular Hbond substituents is 1. The molecule has 2 aromatic rings. The number of ether oxygens (including phenoxy) is 2. The van der Waals surface area contributed by atoms with E-state index in [0.717, 1.165) is 5.56 Å². The minimum atomic E-state index is -0.862. The van der Waals surface area contributed by atoms with Crippen molar-refractivity contribution in [2.45, 2.75) is 33.2 Å². The Morgan fingerprint density at radius 2 is 1.91 bits per heavy atom. The molecule has 2 aromatic carbocycles. The van der Waals surface area contributed by atoms with E-state index in [2.05, 4.69) is 0 Å². The highest BCUT2D eigenvalue weighted by Gasteiger charge is 2.46. The molecule has 2 N–H and O–H groups in total. The van der Waals surface area contributed by atoms with Crippen LogP contribution in [0.2, 0.25) is 5.02 Å². The number of benzene rings is 2. The molecule has 0 bridgehead atoms. The first kappa shape index (κ1) is 23.5. The second-order valence-corrected chi connectivity index (χ2v) is 7.89. The molecule has 7 nitrogen and oxygen atoms in total. The highest BCUT2D eigenvalue weighted by Crippen LogP contribution is 2.44. The molecular weight excluding hydrogens is 434 g/mol. The number of hydrogen-bond acceptors (Lipinski definition) is 6. The predicted octanol–water partition coefficient (Wildman–Crippen LogP) is 4.59. The summed E-state index contributed by atoms with van der Waals surface area (Å²) in [5.41, 5.74) is 1.43. The normalized spacial score (nSPS) is 17.7. The van der Waals surface area contributed by atoms with Gasteiger partial charge >= 0.3 is 0 Å². The van der Waals surface area contributed by atoms with Crippen LogP contribution >= 0.6 is 11.6 Å². The number of nitrogens with zero attached hydrogens (tertiary/aromatic N) is 1. The Morgan fingerprint density at radius 1 is 1.19 bits per heavy atom. The van der Waals surface area contributed by atoms with Crippen molar-refractivity contribution in [3.05, 3.63) is 57.6 Å². The van der Waals surface area contributed by atoms with Crippen LogP contribution in [0, 0.1) is 6.92 Å². The maximum Gasteiger partial charge on any atom is 0.295 e. The Kier molecular flexibility index (Phi) is 6.99. The van der Waals surface area contributed by atoms with Gasteiger partial charge in [-0.15, -0.1) is 0 Å². The van der Waals surface area contributed by atoms with E-state index in [0.29, 0.717) is 25.1 Å². The second-order valence-electron chi connectivity index (χ2n) is 7.48. The Morgan fingerprint density at radius 3 is 2.53 bits per heavy atom. The second kappa shape index (κ2) is 9.53. The lowest BCUT2D eigenvalue weighted by Crippen LogP contribution is -2.30. The molecule has 1 unspecified atom stereocenters. The summed E-state index contributed by atoms with van der Waals surface area (Å²) in [6.07, 6.45) is 0.611. The van der Waals surface area contributed by atoms with Crippen molar-refractivity contribution < 1.29 is 29.3 Å². The van der Waals surface area contributed by atoms with Gasteiger partial charge in [0.1, 0.15) is 11.5 Å². The van der Waals surface area contributed by atoms with Crippen molar-refractivity contribution in [1.82, 2.24) is 4.90 Å². The first-order chi connectivity index (χ1) is 15.2. The van der Waals surface area contributed by atoms with Crippen molar-refractivity contribution in [2.75, 3.05) is 20.3 Å². The molecule has 1 aliphatic heterocycles. The number of methoxy groups -OCH3 is 1. The van der Waals surface area contributed by atoms with Crippen LogP contribution in [0.5, 0.6) is 17.2 Å². The van der Waals surface area contributed by atoms with E-state index in [1.54, 1.807) is 38.1 Å². The Bertz CT molecular complexity index is 1090. The minimum Gasteiger partial charge on any atom is -0.507 e. The summed E-state index contributed by atoms with van der Waals surface area (Å²) in [5, 5.41) is 21.6. The number of rotatable bonds is 7. The topological polar surface area (TPSA) is 96.3 Å². The Balaban J connectivity index is 2.29. The van der Waals surface area contributed by atoms with Crippen LogP contribution in [0.1, 0.15) is 43.0 Å². The zero-order valence-corrected chi connectivity index (χ0v) is 19.2. The number of carbonyl (C=O) groups is 2. The maximum atomic E-state index is 13.1. The van der Waals surface area contributed by atoms with Gasteiger partial charge in [-0.25, -0.2) is 0 Å². The first-order valence-electron chi connectivity index (χ1n) is 10.3. The van der Waals surface area contributed by atoms with Crippen molar-refractivity contribution >= 4 is 29.1 Å². The summed E-state index contributed by atoms with van der Waals surface area (Å²) in [4.78, 5) is 27.4. The molecule has 1 fully saturated rings. The molecule has 0 saturated carbocycles. The number of hydrogen-bond donors (Lipinski definition) is 2. The molecule has 1 atom stereocenters. The van der Waals surface area contributed by atoms with Gasteiger partial charge in [-0.2, -0.15) is 0 Å². The number of ketones is 1. The summed E-state index contributed by atoms with van der Waals surface area (Å²) in [6.45, 7) is 6.10. The number of halogens is 1. The van der Waals surface area contributed by atoms with E-state index in [1.807, 2.05) is 6.92 Å². The maximum absolute atomic E-state index is 13.1. The summed E-state index contributed by atoms with van der Waals surface area (Å²) >= 11 is 6.29. The molecule has 32 heavy (non-hydrogen) atoms. The van der Waals surface area contributed by atoms with E-state index in [1.165, 1.54) is 18.1 Å². The van der Waals surface area contributed by atoms with Gasteiger partial charge in [-0.3, -0.25) is 9.59 Å². The third kappa shape index (κ3) is 4.12. The lowest BCUT2D eigenvalue weighted by Gasteiger charge is -2.25. The number of carbonyl (C=O) groups excluding carboxylic acids is 2. The van der Waals surface area contributed by atoms with Crippen molar-refractivity contribution in [3.63, 3.8) is 0 Å². The minimum absolute atomic E-state index is 0.0600. The van der Waals surface area contributed by atoms with Crippen LogP contribution in [0.25, 0.3) is 5.76 Å². The van der Waals surface area contributed by atoms with Crippen molar-refractivity contribution in [1.29, 1.82) is 0 Å². The summed E-state index contributed by atoms with van der Waals surface area (Å²) < 4.78 is 10.8. The van der Waals surface area contributed by atoms with E-state index in [4.69, 9.17) is 21.1 Å². The number of aliphatic hydroxyl groups is 1. The third-order valence-electron chi connectivity index (χ3n) is 5.25. The molecular formula is C24H26ClNO6. The zero-order chi connectivity index (χ0) is 23.6. The number of amides is 1. The van der Waals surface area contributed by atoms with Crippen LogP contribution in [0.15, 0.2) is 35.9 Å². The van der Waals surface area contributed by atoms with Crippen LogP contribution in [-0.4, -0.2) is 47.1 Å². The molecule has 8 heteroatoms. The van der Waals surface area contributed by atoms with E-state index >= 15 is 0 Å². The van der Waals surface area contributed by atoms with Gasteiger partial charge in [-0.05, 0) is 55.7 Å². The summed E-state index contributed by atoms with van der Waals surface area (Å²) in [6, 6.07) is 7.08. The van der Waals surface area contributed by atoms with Crippen molar-refractivity contribution in [3.8, 4) is 17.2 Å². The van der Waals surface area contributed by atoms with Gasteiger partial charge in [0.2, 0.25) is 0 Å². The van der Waals surface area contributed by atoms with Gasteiger partial charge in [0.05, 0.1) is 35.9 Å². The zero-order valence-electron chi connectivity index (χ0n) is 18.4. The van der Waals surface area contributed by atoms with Crippen LogP contribution in [0.3, 0.4) is 0 Å². The lowest BCUT2D eigenvalue weighted by molar-refractivity contribution is -0.139. The smallest absolute Gasteiger partial charge is 0.295 e. The van der Waals surface area contributed by atoms with E-state index in [9.17, 15) is 19.8 Å². The SMILES string of the molecule is CCCN1C(=O)C(=O)/C(=C(/O)c2cc(C)cc(Cl)c2OC)C1c1ccc(O)c(OCC)c1. The number of phenols is 1. The first-order valence-corrected chi connectivity index (χ1v) is 10.7.